The second-order valence-corrected chi connectivity index (χ2v) is 7.10. The molecule has 0 bridgehead atoms. The number of hydrogen-bond acceptors (Lipinski definition) is 4. The van der Waals surface area contributed by atoms with Gasteiger partial charge in [-0.25, -0.2) is 13.6 Å². The third-order valence-corrected chi connectivity index (χ3v) is 5.43. The summed E-state index contributed by atoms with van der Waals surface area (Å²) in [6.07, 6.45) is 5.53. The van der Waals surface area contributed by atoms with E-state index in [9.17, 15) is 8.42 Å². The third-order valence-electron chi connectivity index (χ3n) is 3.29. The largest absolute Gasteiger partial charge is 0.380 e. The molecule has 0 spiro atoms. The number of nitrogens with one attached hydrogen (secondary N) is 1. The van der Waals surface area contributed by atoms with Crippen LogP contribution in [0.15, 0.2) is 29.2 Å². The molecule has 1 fully saturated rings. The van der Waals surface area contributed by atoms with E-state index >= 15 is 0 Å². The second-order valence-electron chi connectivity index (χ2n) is 4.50. The van der Waals surface area contributed by atoms with Crippen LogP contribution in [0.3, 0.4) is 0 Å². The molecule has 0 saturated heterocycles. The normalized spacial score (nSPS) is 24.1. The SMILES string of the molecule is CSC1CCCC1Nc1ccccc1S(N)(=O)=O. The molecule has 1 saturated carbocycles. The summed E-state index contributed by atoms with van der Waals surface area (Å²) in [4.78, 5) is 0.178. The maximum Gasteiger partial charge on any atom is 0.240 e. The molecule has 1 aliphatic carbocycles. The fourth-order valence-corrected chi connectivity index (χ4v) is 4.04. The highest BCUT2D eigenvalue weighted by Gasteiger charge is 2.27. The molecule has 2 unspecified atom stereocenters. The van der Waals surface area contributed by atoms with Crippen LogP contribution in [0.2, 0.25) is 0 Å². The van der Waals surface area contributed by atoms with E-state index in [1.54, 1.807) is 18.2 Å². The van der Waals surface area contributed by atoms with Crippen molar-refractivity contribution in [2.45, 2.75) is 35.4 Å². The Morgan fingerprint density at radius 2 is 2.06 bits per heavy atom. The van der Waals surface area contributed by atoms with E-state index in [1.807, 2.05) is 17.8 Å². The van der Waals surface area contributed by atoms with Gasteiger partial charge in [0.05, 0.1) is 5.69 Å². The van der Waals surface area contributed by atoms with Gasteiger partial charge in [0.1, 0.15) is 4.90 Å². The Hall–Kier alpha value is -0.720. The highest BCUT2D eigenvalue weighted by molar-refractivity contribution is 7.99. The van der Waals surface area contributed by atoms with Crippen LogP contribution < -0.4 is 10.5 Å². The van der Waals surface area contributed by atoms with Crippen LogP contribution in [-0.2, 0) is 10.0 Å². The van der Waals surface area contributed by atoms with Crippen molar-refractivity contribution in [2.24, 2.45) is 5.14 Å². The fraction of sp³-hybridized carbons (Fsp3) is 0.500. The highest BCUT2D eigenvalue weighted by Crippen LogP contribution is 2.32. The van der Waals surface area contributed by atoms with Crippen molar-refractivity contribution >= 4 is 27.5 Å². The van der Waals surface area contributed by atoms with Gasteiger partial charge in [-0.3, -0.25) is 0 Å². The minimum absolute atomic E-state index is 0.178. The van der Waals surface area contributed by atoms with Crippen LogP contribution >= 0.6 is 11.8 Å². The summed E-state index contributed by atoms with van der Waals surface area (Å²) >= 11 is 1.83. The Morgan fingerprint density at radius 3 is 2.72 bits per heavy atom. The van der Waals surface area contributed by atoms with Crippen molar-refractivity contribution in [3.8, 4) is 0 Å². The van der Waals surface area contributed by atoms with E-state index in [1.165, 1.54) is 12.8 Å². The smallest absolute Gasteiger partial charge is 0.240 e. The zero-order chi connectivity index (χ0) is 13.2. The van der Waals surface area contributed by atoms with Gasteiger partial charge < -0.3 is 5.32 Å². The van der Waals surface area contributed by atoms with E-state index in [0.29, 0.717) is 17.0 Å². The summed E-state index contributed by atoms with van der Waals surface area (Å²) in [6.45, 7) is 0. The molecule has 18 heavy (non-hydrogen) atoms. The Balaban J connectivity index is 2.24. The molecule has 4 nitrogen and oxygen atoms in total. The molecular formula is C12H18N2O2S2. The zero-order valence-electron chi connectivity index (χ0n) is 10.3. The molecule has 2 rings (SSSR count). The van der Waals surface area contributed by atoms with Crippen molar-refractivity contribution in [3.63, 3.8) is 0 Å². The monoisotopic (exact) mass is 286 g/mol. The van der Waals surface area contributed by atoms with Crippen molar-refractivity contribution in [2.75, 3.05) is 11.6 Å². The Kier molecular flexibility index (Phi) is 4.19. The lowest BCUT2D eigenvalue weighted by Gasteiger charge is -2.21. The van der Waals surface area contributed by atoms with Crippen molar-refractivity contribution in [1.29, 1.82) is 0 Å². The van der Waals surface area contributed by atoms with Gasteiger partial charge in [0.15, 0.2) is 0 Å². The maximum absolute atomic E-state index is 11.5. The fourth-order valence-electron chi connectivity index (χ4n) is 2.41. The molecule has 0 amide bonds. The van der Waals surface area contributed by atoms with Crippen molar-refractivity contribution in [1.82, 2.24) is 0 Å². The van der Waals surface area contributed by atoms with Gasteiger partial charge in [-0.05, 0) is 31.2 Å². The first-order chi connectivity index (χ1) is 8.52. The van der Waals surface area contributed by atoms with E-state index < -0.39 is 10.0 Å². The molecule has 6 heteroatoms. The average molecular weight is 286 g/mol. The number of hydrogen-bond donors (Lipinski definition) is 2. The number of primary sulfonamides is 1. The number of para-hydroxylation sites is 1. The number of nitrogens with two attached hydrogens (primary N) is 1. The number of rotatable bonds is 4. The standard InChI is InChI=1S/C12H18N2O2S2/c1-17-11-7-4-6-9(11)14-10-5-2-3-8-12(10)18(13,15)16/h2-3,5,8-9,11,14H,4,6-7H2,1H3,(H2,13,15,16). The zero-order valence-corrected chi connectivity index (χ0v) is 11.9. The van der Waals surface area contributed by atoms with E-state index in [4.69, 9.17) is 5.14 Å². The number of benzene rings is 1. The molecule has 0 radical (unpaired) electrons. The molecule has 0 aliphatic heterocycles. The van der Waals surface area contributed by atoms with Gasteiger partial charge >= 0.3 is 0 Å². The van der Waals surface area contributed by atoms with Gasteiger partial charge in [0.25, 0.3) is 0 Å². The van der Waals surface area contributed by atoms with Crippen LogP contribution in [0.5, 0.6) is 0 Å². The van der Waals surface area contributed by atoms with Crippen LogP contribution in [0, 0.1) is 0 Å². The second kappa shape index (κ2) is 5.50. The molecule has 1 aliphatic rings. The summed E-state index contributed by atoms with van der Waals surface area (Å²) in [7, 11) is -3.67. The number of anilines is 1. The predicted octanol–water partition coefficient (Wildman–Crippen LogP) is 2.03. The number of thioether (sulfide) groups is 1. The Bertz CT molecular complexity index is 517. The third kappa shape index (κ3) is 2.99. The summed E-state index contributed by atoms with van der Waals surface area (Å²) in [5.74, 6) is 0. The summed E-state index contributed by atoms with van der Waals surface area (Å²) < 4.78 is 23.0. The molecule has 1 aromatic carbocycles. The van der Waals surface area contributed by atoms with Crippen LogP contribution in [0.25, 0.3) is 0 Å². The molecule has 2 atom stereocenters. The summed E-state index contributed by atoms with van der Waals surface area (Å²) in [5, 5.41) is 9.10. The molecule has 100 valence electrons. The van der Waals surface area contributed by atoms with Gasteiger partial charge in [0, 0.05) is 11.3 Å². The Labute approximate surface area is 112 Å². The summed E-state index contributed by atoms with van der Waals surface area (Å²) in [5.41, 5.74) is 0.617. The molecule has 3 N–H and O–H groups in total. The predicted molar refractivity (Wildman–Crippen MR) is 76.4 cm³/mol. The van der Waals surface area contributed by atoms with Gasteiger partial charge in [-0.2, -0.15) is 11.8 Å². The van der Waals surface area contributed by atoms with Crippen LogP contribution in [-0.4, -0.2) is 26.0 Å². The van der Waals surface area contributed by atoms with Gasteiger partial charge in [-0.1, -0.05) is 18.6 Å². The quantitative estimate of drug-likeness (QED) is 0.888. The first-order valence-corrected chi connectivity index (χ1v) is 8.77. The average Bonchev–Trinajstić information content (AvgIpc) is 2.75. The highest BCUT2D eigenvalue weighted by atomic mass is 32.2. The van der Waals surface area contributed by atoms with Crippen LogP contribution in [0.4, 0.5) is 5.69 Å². The Morgan fingerprint density at radius 1 is 1.33 bits per heavy atom. The molecule has 0 heterocycles. The first-order valence-electron chi connectivity index (χ1n) is 5.93. The minimum Gasteiger partial charge on any atom is -0.380 e. The van der Waals surface area contributed by atoms with Gasteiger partial charge in [0.2, 0.25) is 10.0 Å². The van der Waals surface area contributed by atoms with Crippen molar-refractivity contribution < 1.29 is 8.42 Å². The lowest BCUT2D eigenvalue weighted by atomic mass is 10.2. The molecule has 1 aromatic rings. The first kappa shape index (κ1) is 13.7. The van der Waals surface area contributed by atoms with E-state index in [0.717, 1.165) is 6.42 Å². The minimum atomic E-state index is -3.67. The van der Waals surface area contributed by atoms with E-state index in [-0.39, 0.29) is 4.90 Å². The summed E-state index contributed by atoms with van der Waals surface area (Å²) in [6, 6.07) is 7.14. The molecule has 0 aromatic heterocycles. The van der Waals surface area contributed by atoms with E-state index in [2.05, 4.69) is 11.6 Å². The molecular weight excluding hydrogens is 268 g/mol. The van der Waals surface area contributed by atoms with Gasteiger partial charge in [-0.15, -0.1) is 0 Å². The van der Waals surface area contributed by atoms with Crippen LogP contribution in [0.1, 0.15) is 19.3 Å². The van der Waals surface area contributed by atoms with Crippen molar-refractivity contribution in [3.05, 3.63) is 24.3 Å². The lowest BCUT2D eigenvalue weighted by molar-refractivity contribution is 0.598. The maximum atomic E-state index is 11.5. The topological polar surface area (TPSA) is 72.2 Å². The lowest BCUT2D eigenvalue weighted by Crippen LogP contribution is -2.27. The number of sulfonamides is 1.